The Balaban J connectivity index is 2.25. The minimum atomic E-state index is 0.260. The molecule has 4 aromatic rings. The van der Waals surface area contributed by atoms with Crippen molar-refractivity contribution >= 4 is 32.4 Å². The maximum Gasteiger partial charge on any atom is 0.0712 e. The van der Waals surface area contributed by atoms with Gasteiger partial charge in [0.05, 0.1) is 17.8 Å². The molecule has 22 heavy (non-hydrogen) atoms. The van der Waals surface area contributed by atoms with E-state index in [1.807, 2.05) is 30.3 Å². The zero-order chi connectivity index (χ0) is 14.9. The van der Waals surface area contributed by atoms with Crippen LogP contribution in [-0.2, 0) is 6.54 Å². The second kappa shape index (κ2) is 5.02. The molecule has 0 aliphatic carbocycles. The molecule has 1 aromatic heterocycles. The van der Waals surface area contributed by atoms with Gasteiger partial charge in [0.2, 0.25) is 0 Å². The molecule has 0 unspecified atom stereocenters. The van der Waals surface area contributed by atoms with Crippen molar-refractivity contribution in [3.63, 3.8) is 0 Å². The molecule has 0 saturated carbocycles. The molecule has 0 saturated heterocycles. The summed E-state index contributed by atoms with van der Waals surface area (Å²) in [7, 11) is 0. The first kappa shape index (κ1) is 12.6. The van der Waals surface area contributed by atoms with Gasteiger partial charge in [-0.3, -0.25) is 4.98 Å². The van der Waals surface area contributed by atoms with Crippen LogP contribution in [0.1, 0.15) is 5.69 Å². The van der Waals surface area contributed by atoms with Crippen LogP contribution in [0.4, 0.5) is 0 Å². The summed E-state index contributed by atoms with van der Waals surface area (Å²) in [5, 5.41) is 9.43. The van der Waals surface area contributed by atoms with Crippen molar-refractivity contribution in [2.45, 2.75) is 6.54 Å². The fourth-order valence-corrected chi connectivity index (χ4v) is 3.01. The lowest BCUT2D eigenvalue weighted by molar-refractivity contribution is 1.01. The first-order valence-corrected chi connectivity index (χ1v) is 7.08. The van der Waals surface area contributed by atoms with Crippen molar-refractivity contribution in [1.82, 2.24) is 4.98 Å². The van der Waals surface area contributed by atoms with E-state index in [4.69, 9.17) is 5.53 Å². The number of hydrogen-bond acceptors (Lipinski definition) is 2. The zero-order valence-corrected chi connectivity index (χ0v) is 11.8. The first-order valence-electron chi connectivity index (χ1n) is 7.08. The number of pyridine rings is 1. The molecule has 0 amide bonds. The number of azide groups is 1. The van der Waals surface area contributed by atoms with Crippen LogP contribution in [0.5, 0.6) is 0 Å². The third-order valence-corrected chi connectivity index (χ3v) is 3.95. The quantitative estimate of drug-likeness (QED) is 0.212. The minimum Gasteiger partial charge on any atom is -0.252 e. The van der Waals surface area contributed by atoms with E-state index in [-0.39, 0.29) is 6.54 Å². The van der Waals surface area contributed by atoms with Crippen LogP contribution in [0.3, 0.4) is 0 Å². The maximum absolute atomic E-state index is 8.62. The van der Waals surface area contributed by atoms with Gasteiger partial charge >= 0.3 is 0 Å². The normalized spacial score (nSPS) is 10.9. The van der Waals surface area contributed by atoms with Crippen LogP contribution in [-0.4, -0.2) is 4.98 Å². The van der Waals surface area contributed by atoms with Crippen molar-refractivity contribution in [3.8, 4) is 0 Å². The van der Waals surface area contributed by atoms with E-state index < -0.39 is 0 Å². The molecule has 0 aliphatic rings. The monoisotopic (exact) mass is 284 g/mol. The minimum absolute atomic E-state index is 0.260. The molecule has 0 fully saturated rings. The summed E-state index contributed by atoms with van der Waals surface area (Å²) < 4.78 is 0. The molecule has 0 bridgehead atoms. The molecule has 0 radical (unpaired) electrons. The highest BCUT2D eigenvalue weighted by Gasteiger charge is 2.10. The average Bonchev–Trinajstić information content (AvgIpc) is 2.59. The zero-order valence-electron chi connectivity index (χ0n) is 11.8. The van der Waals surface area contributed by atoms with Gasteiger partial charge < -0.3 is 0 Å². The van der Waals surface area contributed by atoms with E-state index >= 15 is 0 Å². The van der Waals surface area contributed by atoms with E-state index in [0.29, 0.717) is 0 Å². The highest BCUT2D eigenvalue weighted by molar-refractivity contribution is 6.19. The van der Waals surface area contributed by atoms with Crippen molar-refractivity contribution in [2.24, 2.45) is 5.11 Å². The molecule has 104 valence electrons. The molecule has 3 aromatic carbocycles. The van der Waals surface area contributed by atoms with Crippen LogP contribution in [0.25, 0.3) is 42.9 Å². The lowest BCUT2D eigenvalue weighted by atomic mass is 9.97. The van der Waals surface area contributed by atoms with Gasteiger partial charge in [-0.15, -0.1) is 0 Å². The number of benzene rings is 3. The number of para-hydroxylation sites is 1. The van der Waals surface area contributed by atoms with Crippen molar-refractivity contribution in [1.29, 1.82) is 0 Å². The summed E-state index contributed by atoms with van der Waals surface area (Å²) in [6.07, 6.45) is 0. The summed E-state index contributed by atoms with van der Waals surface area (Å²) in [4.78, 5) is 7.55. The number of rotatable bonds is 2. The Bertz CT molecular complexity index is 1050. The Morgan fingerprint density at radius 2 is 1.64 bits per heavy atom. The van der Waals surface area contributed by atoms with Crippen molar-refractivity contribution in [2.75, 3.05) is 0 Å². The molecule has 0 aliphatic heterocycles. The highest BCUT2D eigenvalue weighted by atomic mass is 15.1. The molecular formula is C18H12N4. The SMILES string of the molecule is [N-]=[N+]=NCc1nc2ccccc2c2c1ccc1ccccc12. The van der Waals surface area contributed by atoms with Gasteiger partial charge in [0.15, 0.2) is 0 Å². The average molecular weight is 284 g/mol. The van der Waals surface area contributed by atoms with Gasteiger partial charge in [0.1, 0.15) is 0 Å². The fraction of sp³-hybridized carbons (Fsp3) is 0.0556. The molecule has 4 rings (SSSR count). The van der Waals surface area contributed by atoms with Gasteiger partial charge in [-0.25, -0.2) is 0 Å². The maximum atomic E-state index is 8.62. The second-order valence-corrected chi connectivity index (χ2v) is 5.17. The highest BCUT2D eigenvalue weighted by Crippen LogP contribution is 2.33. The van der Waals surface area contributed by atoms with Crippen molar-refractivity contribution < 1.29 is 0 Å². The Hall–Kier alpha value is -3.10. The molecular weight excluding hydrogens is 272 g/mol. The van der Waals surface area contributed by atoms with E-state index in [9.17, 15) is 0 Å². The summed E-state index contributed by atoms with van der Waals surface area (Å²) in [5.74, 6) is 0. The van der Waals surface area contributed by atoms with E-state index in [1.54, 1.807) is 0 Å². The summed E-state index contributed by atoms with van der Waals surface area (Å²) >= 11 is 0. The second-order valence-electron chi connectivity index (χ2n) is 5.17. The van der Waals surface area contributed by atoms with Crippen LogP contribution < -0.4 is 0 Å². The summed E-state index contributed by atoms with van der Waals surface area (Å²) in [5.41, 5.74) is 10.4. The van der Waals surface area contributed by atoms with Crippen LogP contribution in [0, 0.1) is 0 Å². The fourth-order valence-electron chi connectivity index (χ4n) is 3.01. The Morgan fingerprint density at radius 3 is 2.50 bits per heavy atom. The van der Waals surface area contributed by atoms with Gasteiger partial charge in [-0.1, -0.05) is 59.7 Å². The molecule has 0 N–H and O–H groups in total. The molecule has 4 nitrogen and oxygen atoms in total. The standard InChI is InChI=1S/C18H12N4/c19-22-20-11-17-15-10-9-12-5-1-2-6-13(12)18(15)14-7-3-4-8-16(14)21-17/h1-10H,11H2. The van der Waals surface area contributed by atoms with E-state index in [2.05, 4.69) is 45.3 Å². The predicted molar refractivity (Wildman–Crippen MR) is 89.6 cm³/mol. The molecule has 0 atom stereocenters. The smallest absolute Gasteiger partial charge is 0.0712 e. The largest absolute Gasteiger partial charge is 0.252 e. The Morgan fingerprint density at radius 1 is 0.864 bits per heavy atom. The van der Waals surface area contributed by atoms with Crippen LogP contribution in [0.2, 0.25) is 0 Å². The summed E-state index contributed by atoms with van der Waals surface area (Å²) in [6, 6.07) is 20.6. The summed E-state index contributed by atoms with van der Waals surface area (Å²) in [6.45, 7) is 0.260. The number of hydrogen-bond donors (Lipinski definition) is 0. The van der Waals surface area contributed by atoms with Crippen LogP contribution in [0.15, 0.2) is 65.8 Å². The third kappa shape index (κ3) is 1.86. The van der Waals surface area contributed by atoms with Gasteiger partial charge in [-0.2, -0.15) is 0 Å². The number of fused-ring (bicyclic) bond motifs is 5. The predicted octanol–water partition coefficient (Wildman–Crippen LogP) is 5.35. The molecule has 4 heteroatoms. The van der Waals surface area contributed by atoms with Crippen molar-refractivity contribution in [3.05, 3.63) is 76.8 Å². The molecule has 0 spiro atoms. The lowest BCUT2D eigenvalue weighted by Gasteiger charge is -2.11. The van der Waals surface area contributed by atoms with Crippen LogP contribution >= 0.6 is 0 Å². The molecule has 1 heterocycles. The number of aromatic nitrogens is 1. The lowest BCUT2D eigenvalue weighted by Crippen LogP contribution is -1.93. The van der Waals surface area contributed by atoms with Gasteiger partial charge in [-0.05, 0) is 22.4 Å². The van der Waals surface area contributed by atoms with E-state index in [1.165, 1.54) is 16.2 Å². The Kier molecular flexibility index (Phi) is 2.88. The first-order chi connectivity index (χ1) is 10.9. The number of nitrogens with zero attached hydrogens (tertiary/aromatic N) is 4. The van der Waals surface area contributed by atoms with E-state index in [0.717, 1.165) is 22.0 Å². The Labute approximate surface area is 126 Å². The van der Waals surface area contributed by atoms with Gasteiger partial charge in [0, 0.05) is 21.1 Å². The topological polar surface area (TPSA) is 61.7 Å². The third-order valence-electron chi connectivity index (χ3n) is 3.95. The van der Waals surface area contributed by atoms with Gasteiger partial charge in [0.25, 0.3) is 0 Å².